The molecule has 4 heteroatoms. The minimum atomic E-state index is -0.579. The van der Waals surface area contributed by atoms with E-state index in [2.05, 4.69) is 22.5 Å². The second-order valence-corrected chi connectivity index (χ2v) is 4.51. The summed E-state index contributed by atoms with van der Waals surface area (Å²) in [5.41, 5.74) is 0.731. The largest absolute Gasteiger partial charge is 0.497 e. The fraction of sp³-hybridized carbons (Fsp3) is 0.333. The molecule has 0 bridgehead atoms. The van der Waals surface area contributed by atoms with E-state index in [1.807, 2.05) is 0 Å². The fourth-order valence-corrected chi connectivity index (χ4v) is 1.38. The molecule has 0 radical (unpaired) electrons. The van der Waals surface area contributed by atoms with Crippen molar-refractivity contribution < 1.29 is 14.6 Å². The van der Waals surface area contributed by atoms with Gasteiger partial charge in [-0.05, 0) is 19.1 Å². The standard InChI is InChI=1S/C12H15BrO3/c1-8(13)7-16-12-6-10(15-3)4-5-11(12)9(2)14/h4-6,9,14H,1,7H2,2-3H3/t9-/m1/s1. The molecule has 1 aromatic carbocycles. The molecule has 88 valence electrons. The van der Waals surface area contributed by atoms with Crippen LogP contribution in [0.15, 0.2) is 29.3 Å². The van der Waals surface area contributed by atoms with Crippen LogP contribution in [-0.4, -0.2) is 18.8 Å². The maximum atomic E-state index is 9.58. The Balaban J connectivity index is 2.95. The van der Waals surface area contributed by atoms with Gasteiger partial charge in [0, 0.05) is 16.1 Å². The van der Waals surface area contributed by atoms with Gasteiger partial charge in [-0.1, -0.05) is 22.5 Å². The first kappa shape index (κ1) is 13.1. The Bertz CT molecular complexity index is 375. The first-order valence-corrected chi connectivity index (χ1v) is 5.66. The molecule has 3 nitrogen and oxygen atoms in total. The molecule has 0 heterocycles. The van der Waals surface area contributed by atoms with Crippen molar-refractivity contribution in [2.75, 3.05) is 13.7 Å². The van der Waals surface area contributed by atoms with Crippen LogP contribution in [0.1, 0.15) is 18.6 Å². The Labute approximate surface area is 104 Å². The van der Waals surface area contributed by atoms with Gasteiger partial charge in [0.1, 0.15) is 18.1 Å². The van der Waals surface area contributed by atoms with Crippen molar-refractivity contribution in [3.8, 4) is 11.5 Å². The molecule has 0 saturated heterocycles. The molecule has 0 spiro atoms. The molecule has 0 amide bonds. The molecule has 0 aliphatic heterocycles. The summed E-state index contributed by atoms with van der Waals surface area (Å²) in [6, 6.07) is 5.33. The average molecular weight is 287 g/mol. The summed E-state index contributed by atoms with van der Waals surface area (Å²) in [5, 5.41) is 9.58. The van der Waals surface area contributed by atoms with Crippen LogP contribution < -0.4 is 9.47 Å². The molecule has 1 N–H and O–H groups in total. The molecule has 16 heavy (non-hydrogen) atoms. The normalized spacial score (nSPS) is 12.0. The number of rotatable bonds is 5. The van der Waals surface area contributed by atoms with Gasteiger partial charge >= 0.3 is 0 Å². The number of benzene rings is 1. The summed E-state index contributed by atoms with van der Waals surface area (Å²) in [6.07, 6.45) is -0.579. The lowest BCUT2D eigenvalue weighted by Gasteiger charge is -2.14. The summed E-state index contributed by atoms with van der Waals surface area (Å²) in [6.45, 7) is 5.73. The van der Waals surface area contributed by atoms with Crippen LogP contribution in [0, 0.1) is 0 Å². The van der Waals surface area contributed by atoms with Gasteiger partial charge in [0.25, 0.3) is 0 Å². The number of ether oxygens (including phenoxy) is 2. The highest BCUT2D eigenvalue weighted by Crippen LogP contribution is 2.29. The van der Waals surface area contributed by atoms with E-state index in [0.717, 1.165) is 10.0 Å². The van der Waals surface area contributed by atoms with Gasteiger partial charge in [0.05, 0.1) is 13.2 Å². The molecule has 0 unspecified atom stereocenters. The number of aliphatic hydroxyl groups is 1. The number of hydrogen-bond donors (Lipinski definition) is 1. The van der Waals surface area contributed by atoms with Crippen LogP contribution in [0.5, 0.6) is 11.5 Å². The monoisotopic (exact) mass is 286 g/mol. The van der Waals surface area contributed by atoms with E-state index in [4.69, 9.17) is 9.47 Å². The Morgan fingerprint density at radius 3 is 2.75 bits per heavy atom. The van der Waals surface area contributed by atoms with Gasteiger partial charge in [-0.25, -0.2) is 0 Å². The van der Waals surface area contributed by atoms with Crippen molar-refractivity contribution in [1.29, 1.82) is 0 Å². The van der Waals surface area contributed by atoms with Crippen molar-refractivity contribution in [3.63, 3.8) is 0 Å². The molecule has 0 saturated carbocycles. The maximum absolute atomic E-state index is 9.58. The number of hydrogen-bond acceptors (Lipinski definition) is 3. The Kier molecular flexibility index (Phi) is 4.83. The third-order valence-electron chi connectivity index (χ3n) is 2.06. The van der Waals surface area contributed by atoms with Crippen LogP contribution in [0.3, 0.4) is 0 Å². The highest BCUT2D eigenvalue weighted by Gasteiger charge is 2.10. The summed E-state index contributed by atoms with van der Waals surface area (Å²) >= 11 is 3.22. The van der Waals surface area contributed by atoms with E-state index in [1.54, 1.807) is 32.2 Å². The lowest BCUT2D eigenvalue weighted by Crippen LogP contribution is -2.02. The molecular formula is C12H15BrO3. The van der Waals surface area contributed by atoms with Gasteiger partial charge in [0.2, 0.25) is 0 Å². The Hall–Kier alpha value is -1.00. The van der Waals surface area contributed by atoms with Crippen LogP contribution in [-0.2, 0) is 0 Å². The van der Waals surface area contributed by atoms with Crippen LogP contribution in [0.2, 0.25) is 0 Å². The summed E-state index contributed by atoms with van der Waals surface area (Å²) in [5.74, 6) is 1.30. The lowest BCUT2D eigenvalue weighted by molar-refractivity contribution is 0.192. The third kappa shape index (κ3) is 3.54. The van der Waals surface area contributed by atoms with E-state index in [0.29, 0.717) is 18.1 Å². The van der Waals surface area contributed by atoms with E-state index in [9.17, 15) is 5.11 Å². The molecule has 1 rings (SSSR count). The molecule has 1 atom stereocenters. The number of aliphatic hydroxyl groups excluding tert-OH is 1. The predicted molar refractivity (Wildman–Crippen MR) is 67.2 cm³/mol. The molecular weight excluding hydrogens is 272 g/mol. The number of halogens is 1. The summed E-state index contributed by atoms with van der Waals surface area (Å²) in [7, 11) is 1.59. The minimum absolute atomic E-state index is 0.354. The smallest absolute Gasteiger partial charge is 0.129 e. The molecule has 0 aliphatic carbocycles. The topological polar surface area (TPSA) is 38.7 Å². The number of methoxy groups -OCH3 is 1. The van der Waals surface area contributed by atoms with Crippen molar-refractivity contribution in [2.45, 2.75) is 13.0 Å². The second kappa shape index (κ2) is 5.92. The van der Waals surface area contributed by atoms with Crippen LogP contribution >= 0.6 is 15.9 Å². The van der Waals surface area contributed by atoms with E-state index in [-0.39, 0.29) is 0 Å². The van der Waals surface area contributed by atoms with Gasteiger partial charge in [-0.3, -0.25) is 0 Å². The van der Waals surface area contributed by atoms with Gasteiger partial charge in [-0.15, -0.1) is 0 Å². The van der Waals surface area contributed by atoms with Crippen molar-refractivity contribution >= 4 is 15.9 Å². The third-order valence-corrected chi connectivity index (χ3v) is 2.28. The zero-order valence-electron chi connectivity index (χ0n) is 9.37. The average Bonchev–Trinajstić information content (AvgIpc) is 2.25. The van der Waals surface area contributed by atoms with Crippen molar-refractivity contribution in [2.24, 2.45) is 0 Å². The summed E-state index contributed by atoms with van der Waals surface area (Å²) in [4.78, 5) is 0. The highest BCUT2D eigenvalue weighted by atomic mass is 79.9. The van der Waals surface area contributed by atoms with Crippen molar-refractivity contribution in [1.82, 2.24) is 0 Å². The first-order valence-electron chi connectivity index (χ1n) is 4.86. The van der Waals surface area contributed by atoms with E-state index >= 15 is 0 Å². The Morgan fingerprint density at radius 2 is 2.25 bits per heavy atom. The maximum Gasteiger partial charge on any atom is 0.129 e. The quantitative estimate of drug-likeness (QED) is 0.904. The molecule has 0 aromatic heterocycles. The highest BCUT2D eigenvalue weighted by molar-refractivity contribution is 9.11. The second-order valence-electron chi connectivity index (χ2n) is 3.39. The lowest BCUT2D eigenvalue weighted by atomic mass is 10.1. The molecule has 1 aromatic rings. The van der Waals surface area contributed by atoms with Crippen LogP contribution in [0.25, 0.3) is 0 Å². The van der Waals surface area contributed by atoms with E-state index < -0.39 is 6.10 Å². The minimum Gasteiger partial charge on any atom is -0.497 e. The Morgan fingerprint density at radius 1 is 1.56 bits per heavy atom. The zero-order valence-corrected chi connectivity index (χ0v) is 11.0. The van der Waals surface area contributed by atoms with Gasteiger partial charge in [-0.2, -0.15) is 0 Å². The van der Waals surface area contributed by atoms with Gasteiger partial charge in [0.15, 0.2) is 0 Å². The van der Waals surface area contributed by atoms with E-state index in [1.165, 1.54) is 0 Å². The SMILES string of the molecule is C=C(Br)COc1cc(OC)ccc1[C@@H](C)O. The van der Waals surface area contributed by atoms with Crippen molar-refractivity contribution in [3.05, 3.63) is 34.8 Å². The van der Waals surface area contributed by atoms with Gasteiger partial charge < -0.3 is 14.6 Å². The molecule has 0 aliphatic rings. The fourth-order valence-electron chi connectivity index (χ4n) is 1.27. The first-order chi connectivity index (χ1) is 7.54. The van der Waals surface area contributed by atoms with Crippen LogP contribution in [0.4, 0.5) is 0 Å². The molecule has 0 fully saturated rings. The predicted octanol–water partition coefficient (Wildman–Crippen LogP) is 3.04. The summed E-state index contributed by atoms with van der Waals surface area (Å²) < 4.78 is 11.4. The zero-order chi connectivity index (χ0) is 12.1.